The Kier molecular flexibility index (Phi) is 10.0. The fraction of sp³-hybridized carbons (Fsp3) is 0.889. The van der Waals surface area contributed by atoms with E-state index in [0.29, 0.717) is 48.5 Å². The van der Waals surface area contributed by atoms with Crippen molar-refractivity contribution in [3.8, 4) is 0 Å². The quantitative estimate of drug-likeness (QED) is 0.236. The maximum absolute atomic E-state index is 13.6. The predicted molar refractivity (Wildman–Crippen MR) is 168 cm³/mol. The average molecular weight is 632 g/mol. The Labute approximate surface area is 269 Å². The zero-order valence-electron chi connectivity index (χ0n) is 27.8. The normalized spacial score (nSPS) is 45.6. The van der Waals surface area contributed by atoms with E-state index in [9.17, 15) is 19.8 Å². The topological polar surface area (TPSA) is 145 Å². The van der Waals surface area contributed by atoms with Crippen LogP contribution in [0.5, 0.6) is 0 Å². The number of carbonyl (C=O) groups excluding carboxylic acids is 2. The zero-order valence-corrected chi connectivity index (χ0v) is 27.8. The van der Waals surface area contributed by atoms with Crippen molar-refractivity contribution in [3.05, 3.63) is 11.6 Å². The van der Waals surface area contributed by atoms with Crippen LogP contribution in [0.2, 0.25) is 0 Å². The number of carbonyl (C=O) groups is 2. The summed E-state index contributed by atoms with van der Waals surface area (Å²) in [4.78, 5) is 26.7. The van der Waals surface area contributed by atoms with Gasteiger partial charge in [0, 0.05) is 43.5 Å². The molecule has 6 N–H and O–H groups in total. The summed E-state index contributed by atoms with van der Waals surface area (Å²) in [5.74, 6) is 1.61. The summed E-state index contributed by atoms with van der Waals surface area (Å²) in [5, 5.41) is 21.6. The van der Waals surface area contributed by atoms with Gasteiger partial charge < -0.3 is 29.7 Å². The van der Waals surface area contributed by atoms with Crippen LogP contribution in [0.25, 0.3) is 0 Å². The maximum Gasteiger partial charge on any atom is 0.334 e. The van der Waals surface area contributed by atoms with Crippen LogP contribution in [0.15, 0.2) is 11.6 Å². The number of esters is 2. The van der Waals surface area contributed by atoms with E-state index in [4.69, 9.17) is 19.9 Å². The lowest BCUT2D eigenvalue weighted by atomic mass is 9.49. The van der Waals surface area contributed by atoms with Crippen molar-refractivity contribution in [3.63, 3.8) is 0 Å². The predicted octanol–water partition coefficient (Wildman–Crippen LogP) is 3.21. The third-order valence-electron chi connectivity index (χ3n) is 13.4. The largest absolute Gasteiger partial charge is 0.462 e. The minimum atomic E-state index is -0.753. The third kappa shape index (κ3) is 6.26. The standard InChI is InChI=1S/C36H58N2O7/c1-4-21(2)33(41)45-35(3)17-23-7-5-6-8-28(23)32(24-9-10-31(37)38-19-24)36(35)18-27-15-25-14-26(13-22(20-40)11-12-39)34(42)43-29(25)16-30(27)44-36/h4,22-32,38-40H,5-20,37H2,1-3H3/p+1. The van der Waals surface area contributed by atoms with Gasteiger partial charge in [-0.3, -0.25) is 10.5 Å². The van der Waals surface area contributed by atoms with Gasteiger partial charge in [-0.15, -0.1) is 0 Å². The summed E-state index contributed by atoms with van der Waals surface area (Å²) in [6.45, 7) is 6.87. The number of fused-ring (bicyclic) bond motifs is 3. The molecule has 1 spiro atoms. The molecule has 3 saturated carbocycles. The van der Waals surface area contributed by atoms with Crippen LogP contribution in [-0.4, -0.2) is 71.5 Å². The fourth-order valence-corrected chi connectivity index (χ4v) is 11.0. The van der Waals surface area contributed by atoms with Gasteiger partial charge in [0.25, 0.3) is 0 Å². The molecule has 13 atom stereocenters. The van der Waals surface area contributed by atoms with Gasteiger partial charge >= 0.3 is 11.9 Å². The molecule has 0 radical (unpaired) electrons. The Hall–Kier alpha value is -1.52. The van der Waals surface area contributed by atoms with E-state index in [0.717, 1.165) is 45.1 Å². The molecule has 3 aliphatic carbocycles. The van der Waals surface area contributed by atoms with E-state index in [1.54, 1.807) is 0 Å². The second-order valence-electron chi connectivity index (χ2n) is 15.9. The van der Waals surface area contributed by atoms with Gasteiger partial charge in [0.15, 0.2) is 0 Å². The monoisotopic (exact) mass is 631 g/mol. The summed E-state index contributed by atoms with van der Waals surface area (Å²) in [6.07, 6.45) is 13.9. The molecular formula is C36H59N2O7+. The molecule has 0 aromatic carbocycles. The van der Waals surface area contributed by atoms with Gasteiger partial charge in [-0.1, -0.05) is 25.3 Å². The van der Waals surface area contributed by atoms with Crippen molar-refractivity contribution in [1.29, 1.82) is 0 Å². The van der Waals surface area contributed by atoms with Crippen molar-refractivity contribution in [2.24, 2.45) is 53.1 Å². The maximum atomic E-state index is 13.6. The van der Waals surface area contributed by atoms with Crippen LogP contribution >= 0.6 is 0 Å². The molecule has 3 aliphatic heterocycles. The molecule has 254 valence electrons. The van der Waals surface area contributed by atoms with Gasteiger partial charge in [-0.25, -0.2) is 4.79 Å². The zero-order chi connectivity index (χ0) is 31.9. The highest BCUT2D eigenvalue weighted by Crippen LogP contribution is 2.64. The van der Waals surface area contributed by atoms with Crippen molar-refractivity contribution in [2.45, 2.75) is 134 Å². The third-order valence-corrected chi connectivity index (χ3v) is 13.4. The first-order valence-corrected chi connectivity index (χ1v) is 18.2. The fourth-order valence-electron chi connectivity index (χ4n) is 11.0. The molecular weight excluding hydrogens is 572 g/mol. The minimum absolute atomic E-state index is 0.00679. The van der Waals surface area contributed by atoms with Crippen LogP contribution in [0, 0.1) is 47.3 Å². The molecule has 0 bridgehead atoms. The summed E-state index contributed by atoms with van der Waals surface area (Å²) in [6, 6.07) is 0. The minimum Gasteiger partial charge on any atom is -0.462 e. The molecule has 3 saturated heterocycles. The Morgan fingerprint density at radius 3 is 2.58 bits per heavy atom. The average Bonchev–Trinajstić information content (AvgIpc) is 3.40. The summed E-state index contributed by atoms with van der Waals surface area (Å²) in [5.41, 5.74) is 5.67. The van der Waals surface area contributed by atoms with Gasteiger partial charge in [0.05, 0.1) is 18.6 Å². The van der Waals surface area contributed by atoms with Crippen LogP contribution in [0.1, 0.15) is 104 Å². The number of hydrogen-bond donors (Lipinski definition) is 4. The number of rotatable bonds is 8. The number of aliphatic hydroxyl groups is 2. The lowest BCUT2D eigenvalue weighted by Crippen LogP contribution is -2.96. The smallest absolute Gasteiger partial charge is 0.334 e. The first kappa shape index (κ1) is 33.4. The van der Waals surface area contributed by atoms with E-state index in [1.165, 1.54) is 25.7 Å². The van der Waals surface area contributed by atoms with Crippen LogP contribution in [0.4, 0.5) is 0 Å². The number of aliphatic hydroxyl groups excluding tert-OH is 2. The Morgan fingerprint density at radius 2 is 1.87 bits per heavy atom. The molecule has 6 aliphatic rings. The van der Waals surface area contributed by atoms with Gasteiger partial charge in [0.2, 0.25) is 0 Å². The van der Waals surface area contributed by atoms with E-state index in [2.05, 4.69) is 12.2 Å². The lowest BCUT2D eigenvalue weighted by molar-refractivity contribution is -0.704. The van der Waals surface area contributed by atoms with E-state index in [-0.39, 0.29) is 67.2 Å². The number of quaternary nitrogens is 1. The second-order valence-corrected chi connectivity index (χ2v) is 15.9. The molecule has 9 heteroatoms. The highest BCUT2D eigenvalue weighted by molar-refractivity contribution is 5.88. The first-order chi connectivity index (χ1) is 21.6. The Balaban J connectivity index is 1.32. The van der Waals surface area contributed by atoms with Crippen molar-refractivity contribution >= 4 is 11.9 Å². The Bertz CT molecular complexity index is 1110. The van der Waals surface area contributed by atoms with Crippen molar-refractivity contribution in [2.75, 3.05) is 19.8 Å². The molecule has 45 heavy (non-hydrogen) atoms. The molecule has 13 unspecified atom stereocenters. The summed E-state index contributed by atoms with van der Waals surface area (Å²) in [7, 11) is 0. The van der Waals surface area contributed by atoms with E-state index in [1.807, 2.05) is 19.9 Å². The number of piperidine rings is 1. The molecule has 6 fully saturated rings. The lowest BCUT2D eigenvalue weighted by Gasteiger charge is -2.61. The molecule has 6 rings (SSSR count). The van der Waals surface area contributed by atoms with Gasteiger partial charge in [-0.2, -0.15) is 0 Å². The summed E-state index contributed by atoms with van der Waals surface area (Å²) >= 11 is 0. The Morgan fingerprint density at radius 1 is 1.07 bits per heavy atom. The molecule has 0 aromatic heterocycles. The van der Waals surface area contributed by atoms with Crippen LogP contribution in [-0.2, 0) is 23.8 Å². The van der Waals surface area contributed by atoms with Crippen LogP contribution < -0.4 is 11.1 Å². The first-order valence-electron chi connectivity index (χ1n) is 18.2. The van der Waals surface area contributed by atoms with E-state index >= 15 is 0 Å². The van der Waals surface area contributed by atoms with Gasteiger partial charge in [0.1, 0.15) is 23.5 Å². The van der Waals surface area contributed by atoms with Crippen molar-refractivity contribution < 1.29 is 39.3 Å². The van der Waals surface area contributed by atoms with E-state index < -0.39 is 11.2 Å². The number of allylic oxidation sites excluding steroid dienone is 1. The second kappa shape index (κ2) is 13.5. The molecule has 9 nitrogen and oxygen atoms in total. The highest BCUT2D eigenvalue weighted by atomic mass is 16.6. The molecule has 3 heterocycles. The highest BCUT2D eigenvalue weighted by Gasteiger charge is 2.70. The van der Waals surface area contributed by atoms with Crippen molar-refractivity contribution in [1.82, 2.24) is 0 Å². The number of ether oxygens (including phenoxy) is 3. The molecule has 0 amide bonds. The summed E-state index contributed by atoms with van der Waals surface area (Å²) < 4.78 is 20.3. The number of hydrogen-bond acceptors (Lipinski definition) is 8. The van der Waals surface area contributed by atoms with Crippen LogP contribution in [0.3, 0.4) is 0 Å². The van der Waals surface area contributed by atoms with Gasteiger partial charge in [-0.05, 0) is 102 Å². The SMILES string of the molecule is CC=C(C)C(=O)OC1(C)CC2CCCCC2C(C2CCC(N)[NH2+]C2)C12CC1CC3CC(CC(CO)CCO)C(=O)OC3CC1O2. The number of nitrogens with two attached hydrogens (primary N) is 2. The molecule has 0 aromatic rings.